The Kier molecular flexibility index (Phi) is 3.96. The molecule has 4 aromatic rings. The zero-order valence-electron chi connectivity index (χ0n) is 13.4. The van der Waals surface area contributed by atoms with Crippen molar-refractivity contribution in [1.82, 2.24) is 9.97 Å². The van der Waals surface area contributed by atoms with E-state index in [1.54, 1.807) is 0 Å². The molecule has 0 spiro atoms. The zero-order chi connectivity index (χ0) is 17.1. The molecule has 0 fully saturated rings. The Balaban J connectivity index is 1.46. The summed E-state index contributed by atoms with van der Waals surface area (Å²) in [6.45, 7) is 0.133. The summed E-state index contributed by atoms with van der Waals surface area (Å²) in [5.74, 6) is 0.525. The summed E-state index contributed by atoms with van der Waals surface area (Å²) < 4.78 is 0. The van der Waals surface area contributed by atoms with Gasteiger partial charge >= 0.3 is 0 Å². The van der Waals surface area contributed by atoms with E-state index in [1.807, 2.05) is 66.7 Å². The molecule has 0 aliphatic rings. The predicted molar refractivity (Wildman–Crippen MR) is 101 cm³/mol. The Morgan fingerprint density at radius 3 is 2.60 bits per heavy atom. The van der Waals surface area contributed by atoms with Crippen LogP contribution in [0.5, 0.6) is 0 Å². The van der Waals surface area contributed by atoms with Gasteiger partial charge in [-0.25, -0.2) is 9.97 Å². The van der Waals surface area contributed by atoms with Crippen molar-refractivity contribution < 1.29 is 4.79 Å². The number of hydrogen-bond donors (Lipinski definition) is 2. The smallest absolute Gasteiger partial charge is 0.243 e. The molecular formula is C20H16N4O. The number of para-hydroxylation sites is 1. The van der Waals surface area contributed by atoms with Crippen LogP contribution in [0.3, 0.4) is 0 Å². The molecule has 5 nitrogen and oxygen atoms in total. The van der Waals surface area contributed by atoms with Crippen molar-refractivity contribution in [3.8, 4) is 0 Å². The third kappa shape index (κ3) is 3.26. The van der Waals surface area contributed by atoms with Crippen molar-refractivity contribution in [2.45, 2.75) is 0 Å². The highest BCUT2D eigenvalue weighted by Crippen LogP contribution is 2.20. The van der Waals surface area contributed by atoms with Gasteiger partial charge < -0.3 is 10.6 Å². The molecule has 0 radical (unpaired) electrons. The monoisotopic (exact) mass is 328 g/mol. The maximum Gasteiger partial charge on any atom is 0.243 e. The van der Waals surface area contributed by atoms with E-state index in [0.29, 0.717) is 5.82 Å². The van der Waals surface area contributed by atoms with E-state index in [4.69, 9.17) is 0 Å². The van der Waals surface area contributed by atoms with Gasteiger partial charge in [0.15, 0.2) is 0 Å². The van der Waals surface area contributed by atoms with Crippen LogP contribution in [0.25, 0.3) is 21.7 Å². The Hall–Kier alpha value is -3.47. The van der Waals surface area contributed by atoms with Crippen molar-refractivity contribution in [3.05, 3.63) is 73.1 Å². The fourth-order valence-electron chi connectivity index (χ4n) is 2.78. The van der Waals surface area contributed by atoms with Crippen LogP contribution in [0.2, 0.25) is 0 Å². The van der Waals surface area contributed by atoms with Gasteiger partial charge in [0.05, 0.1) is 12.1 Å². The van der Waals surface area contributed by atoms with Crippen molar-refractivity contribution in [2.75, 3.05) is 17.2 Å². The van der Waals surface area contributed by atoms with Crippen molar-refractivity contribution >= 4 is 39.1 Å². The Labute approximate surface area is 144 Å². The molecule has 0 atom stereocenters. The minimum absolute atomic E-state index is 0.127. The standard InChI is InChI=1S/C20H16N4O/c25-19(24-16-10-9-14-5-1-2-6-15(14)11-16)12-21-20-17-7-3-4-8-18(17)22-13-23-20/h1-11,13H,12H2,(H,24,25)(H,21,22,23). The van der Waals surface area contributed by atoms with E-state index in [0.717, 1.165) is 27.4 Å². The highest BCUT2D eigenvalue weighted by molar-refractivity contribution is 5.97. The van der Waals surface area contributed by atoms with Crippen LogP contribution in [0.1, 0.15) is 0 Å². The van der Waals surface area contributed by atoms with E-state index >= 15 is 0 Å². The topological polar surface area (TPSA) is 66.9 Å². The Morgan fingerprint density at radius 1 is 0.880 bits per heavy atom. The van der Waals surface area contributed by atoms with E-state index in [2.05, 4.69) is 20.6 Å². The number of amides is 1. The van der Waals surface area contributed by atoms with Crippen molar-refractivity contribution in [3.63, 3.8) is 0 Å². The molecule has 2 N–H and O–H groups in total. The molecule has 0 aliphatic heterocycles. The summed E-state index contributed by atoms with van der Waals surface area (Å²) in [5.41, 5.74) is 1.62. The van der Waals surface area contributed by atoms with Crippen LogP contribution in [-0.2, 0) is 4.79 Å². The summed E-state index contributed by atoms with van der Waals surface area (Å²) >= 11 is 0. The first kappa shape index (κ1) is 15.1. The number of carbonyl (C=O) groups excluding carboxylic acids is 1. The van der Waals surface area contributed by atoms with Gasteiger partial charge in [-0.3, -0.25) is 4.79 Å². The summed E-state index contributed by atoms with van der Waals surface area (Å²) in [6.07, 6.45) is 1.49. The molecule has 0 unspecified atom stereocenters. The second kappa shape index (κ2) is 6.57. The lowest BCUT2D eigenvalue weighted by atomic mass is 10.1. The lowest BCUT2D eigenvalue weighted by Crippen LogP contribution is -2.22. The highest BCUT2D eigenvalue weighted by atomic mass is 16.1. The predicted octanol–water partition coefficient (Wildman–Crippen LogP) is 3.83. The van der Waals surface area contributed by atoms with Crippen LogP contribution in [-0.4, -0.2) is 22.4 Å². The third-order valence-electron chi connectivity index (χ3n) is 3.99. The molecule has 122 valence electrons. The summed E-state index contributed by atoms with van der Waals surface area (Å²) in [6, 6.07) is 21.6. The highest BCUT2D eigenvalue weighted by Gasteiger charge is 2.06. The molecule has 3 aromatic carbocycles. The van der Waals surface area contributed by atoms with Crippen LogP contribution < -0.4 is 10.6 Å². The average Bonchev–Trinajstić information content (AvgIpc) is 2.66. The van der Waals surface area contributed by atoms with Gasteiger partial charge in [-0.2, -0.15) is 0 Å². The van der Waals surface area contributed by atoms with E-state index in [1.165, 1.54) is 6.33 Å². The summed E-state index contributed by atoms with van der Waals surface area (Å²) in [5, 5.41) is 9.12. The Bertz CT molecular complexity index is 1060. The molecule has 1 heterocycles. The molecule has 0 saturated carbocycles. The fourth-order valence-corrected chi connectivity index (χ4v) is 2.78. The minimum Gasteiger partial charge on any atom is -0.360 e. The Morgan fingerprint density at radius 2 is 1.68 bits per heavy atom. The number of hydrogen-bond acceptors (Lipinski definition) is 4. The fraction of sp³-hybridized carbons (Fsp3) is 0.0500. The van der Waals surface area contributed by atoms with Gasteiger partial charge in [0.1, 0.15) is 12.1 Å². The first-order chi connectivity index (χ1) is 12.3. The van der Waals surface area contributed by atoms with Crippen LogP contribution in [0.15, 0.2) is 73.1 Å². The molecule has 25 heavy (non-hydrogen) atoms. The second-order valence-corrected chi connectivity index (χ2v) is 5.70. The second-order valence-electron chi connectivity index (χ2n) is 5.70. The first-order valence-electron chi connectivity index (χ1n) is 8.02. The van der Waals surface area contributed by atoms with Gasteiger partial charge in [0.25, 0.3) is 0 Å². The summed E-state index contributed by atoms with van der Waals surface area (Å²) in [7, 11) is 0. The number of benzene rings is 3. The molecule has 5 heteroatoms. The largest absolute Gasteiger partial charge is 0.360 e. The molecule has 1 amide bonds. The maximum absolute atomic E-state index is 12.2. The number of carbonyl (C=O) groups is 1. The van der Waals surface area contributed by atoms with Crippen molar-refractivity contribution in [2.24, 2.45) is 0 Å². The number of aromatic nitrogens is 2. The molecule has 0 bridgehead atoms. The molecule has 0 aliphatic carbocycles. The number of nitrogens with one attached hydrogen (secondary N) is 2. The van der Waals surface area contributed by atoms with Gasteiger partial charge in [-0.15, -0.1) is 0 Å². The van der Waals surface area contributed by atoms with E-state index in [-0.39, 0.29) is 12.5 Å². The molecular weight excluding hydrogens is 312 g/mol. The molecule has 4 rings (SSSR count). The average molecular weight is 328 g/mol. The van der Waals surface area contributed by atoms with Crippen LogP contribution in [0.4, 0.5) is 11.5 Å². The lowest BCUT2D eigenvalue weighted by molar-refractivity contribution is -0.114. The number of fused-ring (bicyclic) bond motifs is 2. The van der Waals surface area contributed by atoms with Gasteiger partial charge in [0, 0.05) is 11.1 Å². The normalized spacial score (nSPS) is 10.7. The number of anilines is 2. The SMILES string of the molecule is O=C(CNc1ncnc2ccccc12)Nc1ccc2ccccc2c1. The van der Waals surface area contributed by atoms with Gasteiger partial charge in [-0.1, -0.05) is 42.5 Å². The van der Waals surface area contributed by atoms with Gasteiger partial charge in [0.2, 0.25) is 5.91 Å². The van der Waals surface area contributed by atoms with Gasteiger partial charge in [-0.05, 0) is 35.0 Å². The maximum atomic E-state index is 12.2. The zero-order valence-corrected chi connectivity index (χ0v) is 13.4. The van der Waals surface area contributed by atoms with Crippen molar-refractivity contribution in [1.29, 1.82) is 0 Å². The third-order valence-corrected chi connectivity index (χ3v) is 3.99. The lowest BCUT2D eigenvalue weighted by Gasteiger charge is -2.09. The van der Waals surface area contributed by atoms with Crippen LogP contribution >= 0.6 is 0 Å². The van der Waals surface area contributed by atoms with E-state index < -0.39 is 0 Å². The number of nitrogens with zero attached hydrogens (tertiary/aromatic N) is 2. The summed E-state index contributed by atoms with van der Waals surface area (Å²) in [4.78, 5) is 20.7. The minimum atomic E-state index is -0.127. The first-order valence-corrected chi connectivity index (χ1v) is 8.02. The quantitative estimate of drug-likeness (QED) is 0.597. The number of rotatable bonds is 4. The molecule has 0 saturated heterocycles. The van der Waals surface area contributed by atoms with E-state index in [9.17, 15) is 4.79 Å². The van der Waals surface area contributed by atoms with Crippen LogP contribution in [0, 0.1) is 0 Å². The molecule has 1 aromatic heterocycles.